The van der Waals surface area contributed by atoms with Crippen molar-refractivity contribution in [2.45, 2.75) is 61.8 Å². The van der Waals surface area contributed by atoms with Gasteiger partial charge in [0.05, 0.1) is 0 Å². The highest BCUT2D eigenvalue weighted by Crippen LogP contribution is 2.11. The van der Waals surface area contributed by atoms with E-state index in [4.69, 9.17) is 0 Å². The maximum Gasteiger partial charge on any atom is 0.129 e. The number of benzene rings is 2. The van der Waals surface area contributed by atoms with Crippen LogP contribution in [-0.2, 0) is 4.79 Å². The molecule has 0 aliphatic rings. The Hall–Kier alpha value is -1.63. The predicted octanol–water partition coefficient (Wildman–Crippen LogP) is 6.90. The molecule has 2 aromatic rings. The first kappa shape index (κ1) is 24.4. The molecule has 21 heavy (non-hydrogen) atoms. The highest BCUT2D eigenvalue weighted by atomic mass is 16.1. The van der Waals surface area contributed by atoms with Crippen molar-refractivity contribution in [3.05, 3.63) is 48.5 Å². The molecule has 0 aliphatic carbocycles. The van der Waals surface area contributed by atoms with Crippen molar-refractivity contribution in [2.75, 3.05) is 0 Å². The molecule has 2 aromatic carbocycles. The van der Waals surface area contributed by atoms with Crippen molar-refractivity contribution >= 4 is 16.6 Å². The van der Waals surface area contributed by atoms with E-state index >= 15 is 0 Å². The Morgan fingerprint density at radius 1 is 0.714 bits per heavy atom. The lowest BCUT2D eigenvalue weighted by Gasteiger charge is -1.92. The average Bonchev–Trinajstić information content (AvgIpc) is 2.61. The molecule has 0 amide bonds. The van der Waals surface area contributed by atoms with Crippen LogP contribution < -0.4 is 0 Å². The van der Waals surface area contributed by atoms with Crippen LogP contribution in [0.15, 0.2) is 48.5 Å². The lowest BCUT2D eigenvalue weighted by atomic mass is 10.1. The van der Waals surface area contributed by atoms with E-state index in [0.717, 1.165) is 0 Å². The SMILES string of the molecule is CC.CC.CC.CCC(C)=O.c1ccc2ccccc2c1. The van der Waals surface area contributed by atoms with Crippen molar-refractivity contribution in [3.8, 4) is 0 Å². The molecule has 0 saturated heterocycles. The van der Waals surface area contributed by atoms with Gasteiger partial charge >= 0.3 is 0 Å². The molecule has 120 valence electrons. The van der Waals surface area contributed by atoms with Gasteiger partial charge in [-0.1, -0.05) is 97.0 Å². The van der Waals surface area contributed by atoms with Gasteiger partial charge in [-0.2, -0.15) is 0 Å². The Morgan fingerprint density at radius 2 is 0.905 bits per heavy atom. The molecular formula is C20H34O. The molecule has 0 bridgehead atoms. The topological polar surface area (TPSA) is 17.1 Å². The van der Waals surface area contributed by atoms with Crippen molar-refractivity contribution in [3.63, 3.8) is 0 Å². The number of fused-ring (bicyclic) bond motifs is 1. The van der Waals surface area contributed by atoms with Crippen LogP contribution in [0.25, 0.3) is 10.8 Å². The average molecular weight is 290 g/mol. The minimum absolute atomic E-state index is 0.255. The molecular weight excluding hydrogens is 256 g/mol. The number of hydrogen-bond acceptors (Lipinski definition) is 1. The first-order chi connectivity index (χ1) is 10.2. The zero-order valence-corrected chi connectivity index (χ0v) is 15.2. The van der Waals surface area contributed by atoms with Gasteiger partial charge in [0, 0.05) is 6.42 Å². The van der Waals surface area contributed by atoms with E-state index in [1.165, 1.54) is 10.8 Å². The fraction of sp³-hybridized carbons (Fsp3) is 0.450. The minimum atomic E-state index is 0.255. The van der Waals surface area contributed by atoms with E-state index in [1.807, 2.05) is 48.5 Å². The van der Waals surface area contributed by atoms with Crippen LogP contribution in [0.4, 0.5) is 0 Å². The maximum atomic E-state index is 9.81. The van der Waals surface area contributed by atoms with E-state index in [2.05, 4.69) is 48.5 Å². The van der Waals surface area contributed by atoms with Gasteiger partial charge in [0.1, 0.15) is 5.78 Å². The summed E-state index contributed by atoms with van der Waals surface area (Å²) in [7, 11) is 0. The van der Waals surface area contributed by atoms with Crippen LogP contribution in [-0.4, -0.2) is 5.78 Å². The molecule has 0 saturated carbocycles. The Kier molecular flexibility index (Phi) is 24.0. The highest BCUT2D eigenvalue weighted by molar-refractivity contribution is 5.82. The molecule has 0 N–H and O–H groups in total. The predicted molar refractivity (Wildman–Crippen MR) is 99.0 cm³/mol. The smallest absolute Gasteiger partial charge is 0.129 e. The van der Waals surface area contributed by atoms with E-state index in [0.29, 0.717) is 6.42 Å². The minimum Gasteiger partial charge on any atom is -0.300 e. The standard InChI is InChI=1S/C10H8.C4H8O.3C2H6/c1-2-6-10-8-4-3-7-9(10)5-1;1-3-4(2)5;3*1-2/h1-8H;3H2,1-2H3;3*1-2H3. The fourth-order valence-corrected chi connectivity index (χ4v) is 1.13. The Morgan fingerprint density at radius 3 is 1.05 bits per heavy atom. The van der Waals surface area contributed by atoms with Gasteiger partial charge in [0.25, 0.3) is 0 Å². The van der Waals surface area contributed by atoms with Gasteiger partial charge < -0.3 is 4.79 Å². The zero-order chi connectivity index (χ0) is 17.1. The molecule has 0 aromatic heterocycles. The van der Waals surface area contributed by atoms with Gasteiger partial charge in [-0.15, -0.1) is 0 Å². The van der Waals surface area contributed by atoms with Crippen LogP contribution in [0, 0.1) is 0 Å². The summed E-state index contributed by atoms with van der Waals surface area (Å²) < 4.78 is 0. The molecule has 0 radical (unpaired) electrons. The van der Waals surface area contributed by atoms with Crippen LogP contribution >= 0.6 is 0 Å². The number of rotatable bonds is 1. The van der Waals surface area contributed by atoms with Gasteiger partial charge in [-0.25, -0.2) is 0 Å². The van der Waals surface area contributed by atoms with E-state index in [-0.39, 0.29) is 5.78 Å². The van der Waals surface area contributed by atoms with E-state index in [9.17, 15) is 4.79 Å². The quantitative estimate of drug-likeness (QED) is 0.558. The maximum absolute atomic E-state index is 9.81. The normalized spacial score (nSPS) is 7.43. The monoisotopic (exact) mass is 290 g/mol. The number of carbonyl (C=O) groups excluding carboxylic acids is 1. The summed E-state index contributed by atoms with van der Waals surface area (Å²) in [6.45, 7) is 15.4. The molecule has 0 aliphatic heterocycles. The Balaban J connectivity index is -0.000000253. The van der Waals surface area contributed by atoms with Crippen LogP contribution in [0.2, 0.25) is 0 Å². The third-order valence-electron chi connectivity index (χ3n) is 2.16. The second kappa shape index (κ2) is 20.7. The van der Waals surface area contributed by atoms with Crippen molar-refractivity contribution in [1.29, 1.82) is 0 Å². The first-order valence-electron chi connectivity index (χ1n) is 8.17. The fourth-order valence-electron chi connectivity index (χ4n) is 1.13. The van der Waals surface area contributed by atoms with Crippen molar-refractivity contribution < 1.29 is 4.79 Å². The Labute approximate surface area is 132 Å². The molecule has 0 spiro atoms. The third-order valence-corrected chi connectivity index (χ3v) is 2.16. The van der Waals surface area contributed by atoms with Gasteiger partial charge in [0.15, 0.2) is 0 Å². The number of hydrogen-bond donors (Lipinski definition) is 0. The van der Waals surface area contributed by atoms with Crippen LogP contribution in [0.5, 0.6) is 0 Å². The second-order valence-electron chi connectivity index (χ2n) is 3.40. The second-order valence-corrected chi connectivity index (χ2v) is 3.40. The summed E-state index contributed by atoms with van der Waals surface area (Å²) in [6, 6.07) is 16.7. The van der Waals surface area contributed by atoms with E-state index < -0.39 is 0 Å². The number of ketones is 1. The molecule has 0 unspecified atom stereocenters. The molecule has 1 heteroatoms. The summed E-state index contributed by atoms with van der Waals surface area (Å²) in [5, 5.41) is 2.62. The van der Waals surface area contributed by atoms with Crippen molar-refractivity contribution in [1.82, 2.24) is 0 Å². The van der Waals surface area contributed by atoms with Crippen LogP contribution in [0.1, 0.15) is 61.8 Å². The molecule has 0 fully saturated rings. The summed E-state index contributed by atoms with van der Waals surface area (Å²) >= 11 is 0. The summed E-state index contributed by atoms with van der Waals surface area (Å²) in [5.74, 6) is 0.255. The molecule has 0 heterocycles. The summed E-state index contributed by atoms with van der Waals surface area (Å²) in [4.78, 5) is 9.81. The number of Topliss-reactive ketones (excluding diaryl/α,β-unsaturated/α-hetero) is 1. The number of carbonyl (C=O) groups is 1. The van der Waals surface area contributed by atoms with Gasteiger partial charge in [-0.05, 0) is 17.7 Å². The third kappa shape index (κ3) is 14.6. The highest BCUT2D eigenvalue weighted by Gasteiger charge is 1.85. The molecule has 0 atom stereocenters. The first-order valence-corrected chi connectivity index (χ1v) is 8.17. The van der Waals surface area contributed by atoms with Gasteiger partial charge in [-0.3, -0.25) is 0 Å². The zero-order valence-electron chi connectivity index (χ0n) is 15.2. The molecule has 1 nitrogen and oxygen atoms in total. The summed E-state index contributed by atoms with van der Waals surface area (Å²) in [5.41, 5.74) is 0. The lowest BCUT2D eigenvalue weighted by molar-refractivity contribution is -0.116. The van der Waals surface area contributed by atoms with Crippen molar-refractivity contribution in [2.24, 2.45) is 0 Å². The largest absolute Gasteiger partial charge is 0.300 e. The lowest BCUT2D eigenvalue weighted by Crippen LogP contribution is -1.80. The molecule has 2 rings (SSSR count). The van der Waals surface area contributed by atoms with E-state index in [1.54, 1.807) is 6.92 Å². The Bertz CT molecular complexity index is 367. The van der Waals surface area contributed by atoms with Crippen LogP contribution in [0.3, 0.4) is 0 Å². The van der Waals surface area contributed by atoms with Gasteiger partial charge in [0.2, 0.25) is 0 Å². The summed E-state index contributed by atoms with van der Waals surface area (Å²) in [6.07, 6.45) is 0.667.